The van der Waals surface area contributed by atoms with E-state index in [-0.39, 0.29) is 76.9 Å². The van der Waals surface area contributed by atoms with Crippen LogP contribution in [-0.4, -0.2) is 194 Å². The topological polar surface area (TPSA) is 426 Å². The maximum Gasteiger partial charge on any atom is 0.407 e. The van der Waals surface area contributed by atoms with Gasteiger partial charge >= 0.3 is 30.3 Å². The van der Waals surface area contributed by atoms with Crippen molar-refractivity contribution in [3.05, 3.63) is 169 Å². The van der Waals surface area contributed by atoms with Gasteiger partial charge in [-0.25, -0.2) is 43.9 Å². The molecule has 692 valence electrons. The molecule has 10 N–H and O–H groups in total. The number of carbonyl (C=O) groups excluding carboxylic acids is 7. The Balaban J connectivity index is 0.000000204. The monoisotopic (exact) mass is 1790 g/mol. The van der Waals surface area contributed by atoms with E-state index >= 15 is 0 Å². The zero-order valence-electron chi connectivity index (χ0n) is 78.2. The highest BCUT2D eigenvalue weighted by atomic mass is 19.1. The molecule has 0 bridgehead atoms. The molecule has 7 amide bonds. The molecule has 131 heavy (non-hydrogen) atoms. The summed E-state index contributed by atoms with van der Waals surface area (Å²) in [6.07, 6.45) is 11.9. The van der Waals surface area contributed by atoms with Gasteiger partial charge in [-0.3, -0.25) is 18.8 Å². The normalized spacial score (nSPS) is 19.4. The van der Waals surface area contributed by atoms with E-state index in [1.165, 1.54) is 28.4 Å². The van der Waals surface area contributed by atoms with Gasteiger partial charge in [-0.15, -0.1) is 0 Å². The number of likely N-dealkylation sites (tertiary alicyclic amines) is 3. The lowest BCUT2D eigenvalue weighted by Gasteiger charge is -2.34. The van der Waals surface area contributed by atoms with Crippen LogP contribution < -0.4 is 26.6 Å². The first-order valence-corrected chi connectivity index (χ1v) is 44.4. The first-order chi connectivity index (χ1) is 63.0. The Morgan fingerprint density at radius 1 is 0.466 bits per heavy atom. The van der Waals surface area contributed by atoms with Gasteiger partial charge in [-0.2, -0.15) is 10.5 Å². The molecule has 2 aliphatic carbocycles. The van der Waals surface area contributed by atoms with Gasteiger partial charge in [0.2, 0.25) is 17.7 Å². The first-order valence-electron chi connectivity index (χ1n) is 45.1. The second-order valence-corrected chi connectivity index (χ2v) is 37.3. The number of nitriles is 2. The number of halogens is 1. The molecule has 31 nitrogen and oxygen atoms in total. The van der Waals surface area contributed by atoms with E-state index in [2.05, 4.69) is 184 Å². The third kappa shape index (κ3) is 22.3. The Kier molecular flexibility index (Phi) is 29.8. The minimum atomic E-state index is -1.07. The fraction of sp³-hybridized carbons (Fsp3) is 0.455. The maximum atomic E-state index is 14.0. The van der Waals surface area contributed by atoms with Crippen LogP contribution in [0.2, 0.25) is 0 Å². The van der Waals surface area contributed by atoms with E-state index in [0.29, 0.717) is 31.9 Å². The van der Waals surface area contributed by atoms with Crippen molar-refractivity contribution in [1.29, 1.82) is 10.5 Å². The minimum absolute atomic E-state index is 0.0253. The van der Waals surface area contributed by atoms with Gasteiger partial charge in [0.05, 0.1) is 133 Å². The number of amides is 7. The number of benzene rings is 6. The van der Waals surface area contributed by atoms with Crippen molar-refractivity contribution in [1.82, 2.24) is 81.2 Å². The first kappa shape index (κ1) is 95.1. The maximum absolute atomic E-state index is 14.0. The molecule has 8 heterocycles. The van der Waals surface area contributed by atoms with Crippen molar-refractivity contribution in [3.8, 4) is 79.4 Å². The van der Waals surface area contributed by atoms with Crippen LogP contribution in [0, 0.1) is 68.0 Å². The van der Waals surface area contributed by atoms with E-state index in [1.807, 2.05) is 96.8 Å². The largest absolute Gasteiger partial charge is 0.480 e. The molecule has 16 rings (SSSR count). The Morgan fingerprint density at radius 3 is 1.15 bits per heavy atom. The number of ether oxygens (including phenoxy) is 4. The number of carbonyl (C=O) groups is 8. The Morgan fingerprint density at radius 2 is 0.794 bits per heavy atom. The molecule has 0 unspecified atom stereocenters. The van der Waals surface area contributed by atoms with Crippen LogP contribution in [-0.2, 0) is 38.1 Å². The van der Waals surface area contributed by atoms with Crippen LogP contribution in [0.15, 0.2) is 146 Å². The van der Waals surface area contributed by atoms with Crippen LogP contribution in [0.25, 0.3) is 88.8 Å². The Hall–Kier alpha value is -13.5. The van der Waals surface area contributed by atoms with Crippen LogP contribution in [0.5, 0.6) is 0 Å². The minimum Gasteiger partial charge on any atom is -0.480 e. The number of methoxy groups -OCH3 is 4. The van der Waals surface area contributed by atoms with Gasteiger partial charge in [0.1, 0.15) is 47.5 Å². The smallest absolute Gasteiger partial charge is 0.407 e. The van der Waals surface area contributed by atoms with E-state index in [0.717, 1.165) is 151 Å². The van der Waals surface area contributed by atoms with Crippen molar-refractivity contribution in [3.63, 3.8) is 0 Å². The summed E-state index contributed by atoms with van der Waals surface area (Å²) in [4.78, 5) is 138. The molecule has 2 saturated carbocycles. The van der Waals surface area contributed by atoms with E-state index in [1.54, 1.807) is 31.9 Å². The number of rotatable bonds is 20. The second-order valence-electron chi connectivity index (χ2n) is 37.3. The van der Waals surface area contributed by atoms with Gasteiger partial charge in [0.25, 0.3) is 0 Å². The highest BCUT2D eigenvalue weighted by molar-refractivity contribution is 5.94. The number of alkyl carbamates (subject to hydrolysis) is 4. The number of hydrogen-bond acceptors (Lipinski definition) is 19. The predicted molar refractivity (Wildman–Crippen MR) is 495 cm³/mol. The molecule has 32 heteroatoms. The average Bonchev–Trinajstić information content (AvgIpc) is 1.58. The number of imidazole rings is 4. The number of carboxylic acids is 1. The summed E-state index contributed by atoms with van der Waals surface area (Å²) in [7, 11) is 4.06. The lowest BCUT2D eigenvalue weighted by atomic mass is 9.85. The number of aromatic nitrogens is 8. The molecule has 2 spiro atoms. The van der Waals surface area contributed by atoms with E-state index in [9.17, 15) is 53.3 Å². The highest BCUT2D eigenvalue weighted by Gasteiger charge is 2.57. The number of carboxylic acid groups (broad SMARTS) is 1. The fourth-order valence-corrected chi connectivity index (χ4v) is 17.7. The van der Waals surface area contributed by atoms with Gasteiger partial charge < -0.3 is 85.3 Å². The molecule has 4 aromatic heterocycles. The zero-order chi connectivity index (χ0) is 95.4. The lowest BCUT2D eigenvalue weighted by molar-refractivity contribution is -0.142. The Bertz CT molecular complexity index is 5870. The van der Waals surface area contributed by atoms with Crippen molar-refractivity contribution >= 4 is 69.6 Å². The van der Waals surface area contributed by atoms with Crippen LogP contribution >= 0.6 is 0 Å². The SMILES string of the molecule is CC.COC(=O)N[C@H](C(=O)N1CC2(CC2)C[C@H]1c1ncc(-c2ccc(-c3ccc4cc(-c5cnc([C@@H]6C[C@H](C#N)CN6)[nH]5)ccc4c3)cc2)[nH]1)C(C)C.COC(=O)N[C@H](C(=O)N1CC2(CC2)C[C@H]1c1ncc(-c2ccc(-c3ccc4cc(-c5cnc([C@@H]6C[C@H](C#N)CN6C(=O)[C@@H](NC(=O)OC)C(C)(C)C)[nH]5)ccc4c3)cc2)[nH]1)C(C)C.COC(=O)N[C@H](C(=O)O)C(C)(C)C.[2H]CF. The number of alkyl halides is 1. The molecule has 6 aromatic carbocycles. The molecule has 6 fully saturated rings. The number of aliphatic carboxylic acids is 1. The number of nitrogens with zero attached hydrogens (tertiary/aromatic N) is 9. The molecule has 4 aliphatic heterocycles. The van der Waals surface area contributed by atoms with Crippen molar-refractivity contribution < 1.29 is 68.2 Å². The zero-order valence-corrected chi connectivity index (χ0v) is 77.2. The quantitative estimate of drug-likeness (QED) is 0.0317. The molecule has 0 radical (unpaired) electrons. The number of hydrogen-bond donors (Lipinski definition) is 10. The van der Waals surface area contributed by atoms with Crippen LogP contribution in [0.4, 0.5) is 23.6 Å². The molecule has 6 aliphatic rings. The third-order valence-electron chi connectivity index (χ3n) is 25.5. The summed E-state index contributed by atoms with van der Waals surface area (Å²) in [5.74, 6) is 0.847. The summed E-state index contributed by atoms with van der Waals surface area (Å²) in [6.45, 7) is 24.7. The van der Waals surface area contributed by atoms with Crippen molar-refractivity contribution in [2.45, 2.75) is 183 Å². The van der Waals surface area contributed by atoms with E-state index < -0.39 is 78.5 Å². The molecular formula is C99H121FN18O13. The number of nitrogens with one attached hydrogen (secondary N) is 9. The summed E-state index contributed by atoms with van der Waals surface area (Å²) < 4.78 is 34.2. The average molecular weight is 1790 g/mol. The summed E-state index contributed by atoms with van der Waals surface area (Å²) in [5.41, 5.74) is 11.0. The van der Waals surface area contributed by atoms with Crippen molar-refractivity contribution in [2.24, 2.45) is 45.3 Å². The van der Waals surface area contributed by atoms with Gasteiger partial charge in [0.15, 0.2) is 0 Å². The molecule has 4 saturated heterocycles. The molecule has 10 aromatic rings. The second kappa shape index (κ2) is 41.1. The number of fused-ring (bicyclic) bond motifs is 2. The van der Waals surface area contributed by atoms with Crippen molar-refractivity contribution in [2.75, 3.05) is 61.8 Å². The Labute approximate surface area is 764 Å². The van der Waals surface area contributed by atoms with Crippen LogP contribution in [0.3, 0.4) is 0 Å². The third-order valence-corrected chi connectivity index (χ3v) is 25.5. The molecule has 10 atom stereocenters. The van der Waals surface area contributed by atoms with Gasteiger partial charge in [-0.05, 0) is 164 Å². The van der Waals surface area contributed by atoms with E-state index in [4.69, 9.17) is 35.6 Å². The number of aromatic amines is 4. The lowest BCUT2D eigenvalue weighted by Crippen LogP contribution is -2.54. The highest BCUT2D eigenvalue weighted by Crippen LogP contribution is 2.60. The van der Waals surface area contributed by atoms with Gasteiger partial charge in [0, 0.05) is 37.3 Å². The predicted octanol–water partition coefficient (Wildman–Crippen LogP) is 17.3. The number of H-pyrrole nitrogens is 4. The fourth-order valence-electron chi connectivity index (χ4n) is 17.7. The molecular weight excluding hydrogens is 1670 g/mol. The standard InChI is InChI=1S/C48H55N9O6.C40H42N8O3.C8H15NO4.C2H6.CH3F/c1-27(2)39(54-45(60)62-6)43(58)57-26-48(16-17-48)21-38(57)42-51-23-35(52-42)30-10-8-29(9-11-30)31-12-13-33-20-34(15-14-32(33)19-31)36-24-50-41(53-36)37-18-28(22-49)25-56(37)44(59)40(47(3,4)5)55-46(61)63-7;1-23(2)35(47-39(50)51-3)38(49)48-22-40(12-13-40)17-34(48)37-44-20-32(46-37)26-6-4-25(5-7-26)27-8-9-29-16-30(11-10-28(29)15-27)33-21-43-36(45-33)31-14-24(18-41)19-42-31;1-8(2,3)5(6(10)11)9-7(12)13-4;2*1-2/h8-15,19-20,23-24,27-28,37-40H,16-18,21,25-26H2,1-7H3,(H,50,53)(H,51,52)(H,54,60)(H,55,61);4-11,15-16,20-21,23-24,31,34-35,42H,12-14,17,19,22H2,1-3H3,(H,43,45)(H,44,46)(H,47,50);5H,1-4H3,(H,9,12)(H,10,11);1-2H3;1H3/t28-,37+,38+,39+,40-;24-,31+,34+,35+;5-;;/m111../s1/i;;;;1D. The van der Waals surface area contributed by atoms with Crippen LogP contribution in [0.1, 0.15) is 183 Å². The summed E-state index contributed by atoms with van der Waals surface area (Å²) >= 11 is 0. The summed E-state index contributed by atoms with van der Waals surface area (Å²) in [6, 6.07) is 43.0. The summed E-state index contributed by atoms with van der Waals surface area (Å²) in [5, 5.41) is 46.1. The van der Waals surface area contributed by atoms with Gasteiger partial charge in [-0.1, -0.05) is 180 Å².